The number of aliphatic hydroxyl groups is 1. The molecule has 4 unspecified atom stereocenters. The van der Waals surface area contributed by atoms with Crippen molar-refractivity contribution in [2.45, 2.75) is 26.0 Å². The van der Waals surface area contributed by atoms with Crippen molar-refractivity contribution in [2.24, 2.45) is 11.8 Å². The van der Waals surface area contributed by atoms with Gasteiger partial charge in [-0.1, -0.05) is 6.92 Å². The number of benzene rings is 1. The highest BCUT2D eigenvalue weighted by atomic mass is 16.6. The Balaban J connectivity index is 2.09. The van der Waals surface area contributed by atoms with Gasteiger partial charge in [0.25, 0.3) is 11.5 Å². The van der Waals surface area contributed by atoms with Crippen molar-refractivity contribution in [2.75, 3.05) is 0 Å². The highest BCUT2D eigenvalue weighted by Gasteiger charge is 2.50. The summed E-state index contributed by atoms with van der Waals surface area (Å²) in [5.74, 6) is -6.17. The molecule has 0 saturated carbocycles. The van der Waals surface area contributed by atoms with Crippen LogP contribution < -0.4 is 5.32 Å². The van der Waals surface area contributed by atoms with Crippen LogP contribution in [-0.4, -0.2) is 56.3 Å². The zero-order chi connectivity index (χ0) is 21.9. The van der Waals surface area contributed by atoms with Crippen LogP contribution in [-0.2, 0) is 19.1 Å². The van der Waals surface area contributed by atoms with E-state index in [0.717, 1.165) is 24.3 Å². The first-order chi connectivity index (χ1) is 13.6. The largest absolute Gasteiger partial charge is 0.442 e. The number of carbonyl (C=O) groups excluding carboxylic acids is 4. The summed E-state index contributed by atoms with van der Waals surface area (Å²) in [6.45, 7) is 2.71. The molecule has 1 heterocycles. The first-order valence-electron chi connectivity index (χ1n) is 8.34. The van der Waals surface area contributed by atoms with Gasteiger partial charge in [0.05, 0.1) is 28.6 Å². The Bertz CT molecular complexity index is 933. The van der Waals surface area contributed by atoms with E-state index in [2.05, 4.69) is 14.8 Å². The lowest BCUT2D eigenvalue weighted by Crippen LogP contribution is -2.66. The summed E-state index contributed by atoms with van der Waals surface area (Å²) in [6, 6.07) is 3.33. The molecule has 1 fully saturated rings. The van der Waals surface area contributed by atoms with Crippen molar-refractivity contribution in [1.82, 2.24) is 5.32 Å². The molecule has 12 heteroatoms. The molecule has 4 atom stereocenters. The Morgan fingerprint density at radius 3 is 2.31 bits per heavy atom. The van der Waals surface area contributed by atoms with Gasteiger partial charge >= 0.3 is 17.7 Å². The van der Waals surface area contributed by atoms with Gasteiger partial charge < -0.3 is 20.7 Å². The Morgan fingerprint density at radius 1 is 1.28 bits per heavy atom. The Hall–Kier alpha value is -3.76. The van der Waals surface area contributed by atoms with Crippen LogP contribution in [0.1, 0.15) is 24.2 Å². The fourth-order valence-electron chi connectivity index (χ4n) is 2.85. The maximum Gasteiger partial charge on any atom is 0.442 e. The first-order valence-corrected chi connectivity index (χ1v) is 8.34. The molecule has 1 amide bonds. The van der Waals surface area contributed by atoms with Gasteiger partial charge in [0.1, 0.15) is 0 Å². The van der Waals surface area contributed by atoms with E-state index in [-0.39, 0.29) is 11.3 Å². The number of carbonyl (C=O) groups is 4. The molecule has 0 bridgehead atoms. The molecule has 2 rings (SSSR count). The number of amides is 1. The number of β-lactam (4-membered cyclic amide) rings is 1. The normalized spacial score (nSPS) is 19.6. The van der Waals surface area contributed by atoms with E-state index >= 15 is 0 Å². The van der Waals surface area contributed by atoms with E-state index in [1.165, 1.54) is 13.8 Å². The summed E-state index contributed by atoms with van der Waals surface area (Å²) in [6.07, 6.45) is -1.05. The van der Waals surface area contributed by atoms with Crippen molar-refractivity contribution in [3.63, 3.8) is 0 Å². The topological polar surface area (TPSA) is 189 Å². The first kappa shape index (κ1) is 21.5. The second kappa shape index (κ2) is 8.50. The predicted octanol–water partition coefficient (Wildman–Crippen LogP) is -0.350. The molecule has 0 aliphatic carbocycles. The number of ether oxygens (including phenoxy) is 1. The Labute approximate surface area is 163 Å². The number of rotatable bonds is 7. The van der Waals surface area contributed by atoms with Gasteiger partial charge in [0.15, 0.2) is 0 Å². The summed E-state index contributed by atoms with van der Waals surface area (Å²) in [5.41, 5.74) is 7.47. The zero-order valence-corrected chi connectivity index (χ0v) is 15.3. The molecule has 29 heavy (non-hydrogen) atoms. The quantitative estimate of drug-likeness (QED) is 0.0900. The SMILES string of the molecule is CC(O)C1C(=O)NC1C(C)C(=O)C(=[N+]=[N-])C(=O)OC(=O)c1ccc([N+](=O)[O-])cc1. The third-order valence-electron chi connectivity index (χ3n) is 4.50. The summed E-state index contributed by atoms with van der Waals surface area (Å²) >= 11 is 0. The van der Waals surface area contributed by atoms with E-state index < -0.39 is 58.2 Å². The van der Waals surface area contributed by atoms with Crippen LogP contribution in [0, 0.1) is 22.0 Å². The molecule has 1 aliphatic rings. The second-order valence-corrected chi connectivity index (χ2v) is 6.38. The molecule has 0 radical (unpaired) electrons. The number of aliphatic hydroxyl groups excluding tert-OH is 1. The summed E-state index contributed by atoms with van der Waals surface area (Å²) in [5, 5.41) is 22.6. The minimum absolute atomic E-state index is 0.206. The molecule has 0 aromatic heterocycles. The number of ketones is 1. The average Bonchev–Trinajstić information content (AvgIpc) is 2.65. The maximum atomic E-state index is 12.5. The van der Waals surface area contributed by atoms with Crippen LogP contribution in [0.25, 0.3) is 5.53 Å². The molecule has 1 saturated heterocycles. The molecule has 2 N–H and O–H groups in total. The molecule has 152 valence electrons. The summed E-state index contributed by atoms with van der Waals surface area (Å²) < 4.78 is 4.49. The van der Waals surface area contributed by atoms with E-state index in [9.17, 15) is 34.4 Å². The minimum Gasteiger partial charge on any atom is -0.393 e. The number of nitrogens with one attached hydrogen (secondary N) is 1. The second-order valence-electron chi connectivity index (χ2n) is 6.38. The van der Waals surface area contributed by atoms with Crippen molar-refractivity contribution in [3.8, 4) is 0 Å². The Kier molecular flexibility index (Phi) is 6.32. The number of hydrogen-bond donors (Lipinski definition) is 2. The number of hydrogen-bond acceptors (Lipinski definition) is 8. The van der Waals surface area contributed by atoms with E-state index in [0.29, 0.717) is 0 Å². The van der Waals surface area contributed by atoms with Gasteiger partial charge in [-0.3, -0.25) is 19.7 Å². The van der Waals surface area contributed by atoms with Crippen LogP contribution in [0.4, 0.5) is 5.69 Å². The molecule has 0 spiro atoms. The minimum atomic E-state index is -1.54. The smallest absolute Gasteiger partial charge is 0.393 e. The highest BCUT2D eigenvalue weighted by molar-refractivity contribution is 6.63. The third-order valence-corrected chi connectivity index (χ3v) is 4.50. The molecular formula is C17H16N4O8. The lowest BCUT2D eigenvalue weighted by molar-refractivity contribution is -0.384. The number of non-ortho nitro benzene ring substituents is 1. The van der Waals surface area contributed by atoms with Gasteiger partial charge in [-0.15, -0.1) is 0 Å². The van der Waals surface area contributed by atoms with Crippen molar-refractivity contribution >= 4 is 35.0 Å². The fourth-order valence-corrected chi connectivity index (χ4v) is 2.85. The number of nitro benzene ring substituents is 1. The predicted molar refractivity (Wildman–Crippen MR) is 93.4 cm³/mol. The average molecular weight is 404 g/mol. The van der Waals surface area contributed by atoms with E-state index in [1.54, 1.807) is 0 Å². The number of nitro groups is 1. The number of nitrogens with zero attached hydrogens (tertiary/aromatic N) is 3. The molecule has 1 aliphatic heterocycles. The lowest BCUT2D eigenvalue weighted by atomic mass is 9.76. The zero-order valence-electron chi connectivity index (χ0n) is 15.3. The van der Waals surface area contributed by atoms with Gasteiger partial charge in [-0.25, -0.2) is 9.59 Å². The van der Waals surface area contributed by atoms with Crippen LogP contribution in [0.2, 0.25) is 0 Å². The molecule has 1 aromatic carbocycles. The van der Waals surface area contributed by atoms with Gasteiger partial charge in [0, 0.05) is 18.1 Å². The number of Topliss-reactive ketones (excluding diaryl/α,β-unsaturated/α-hetero) is 1. The van der Waals surface area contributed by atoms with Crippen LogP contribution in [0.3, 0.4) is 0 Å². The third kappa shape index (κ3) is 4.39. The Morgan fingerprint density at radius 2 is 1.86 bits per heavy atom. The lowest BCUT2D eigenvalue weighted by Gasteiger charge is -2.40. The summed E-state index contributed by atoms with van der Waals surface area (Å²) in [7, 11) is 0. The fraction of sp³-hybridized carbons (Fsp3) is 0.353. The standard InChI is InChI=1S/C17H16N4O8/c1-7(12-11(8(2)22)15(24)19-12)14(23)13(20-18)17(26)29-16(25)9-3-5-10(6-4-9)21(27)28/h3-8,11-12,22H,1-2H3,(H,19,24). The molecular weight excluding hydrogens is 388 g/mol. The van der Waals surface area contributed by atoms with Crippen LogP contribution in [0.15, 0.2) is 24.3 Å². The van der Waals surface area contributed by atoms with Crippen molar-refractivity contribution in [1.29, 1.82) is 0 Å². The van der Waals surface area contributed by atoms with E-state index in [4.69, 9.17) is 5.53 Å². The molecule has 12 nitrogen and oxygen atoms in total. The van der Waals surface area contributed by atoms with Gasteiger partial charge in [-0.2, -0.15) is 4.79 Å². The van der Waals surface area contributed by atoms with Gasteiger partial charge in [0.2, 0.25) is 5.91 Å². The summed E-state index contributed by atoms with van der Waals surface area (Å²) in [4.78, 5) is 60.6. The monoisotopic (exact) mass is 404 g/mol. The van der Waals surface area contributed by atoms with Gasteiger partial charge in [-0.05, 0) is 19.1 Å². The van der Waals surface area contributed by atoms with Crippen molar-refractivity contribution in [3.05, 3.63) is 45.5 Å². The van der Waals surface area contributed by atoms with Crippen molar-refractivity contribution < 1.29 is 38.7 Å². The maximum absolute atomic E-state index is 12.5. The van der Waals surface area contributed by atoms with E-state index in [1.807, 2.05) is 0 Å². The van der Waals surface area contributed by atoms with Crippen LogP contribution in [0.5, 0.6) is 0 Å². The highest BCUT2D eigenvalue weighted by Crippen LogP contribution is 2.26. The van der Waals surface area contributed by atoms with Crippen LogP contribution >= 0.6 is 0 Å². The molecule has 1 aromatic rings. The number of esters is 2.